The Hall–Kier alpha value is -2.19. The molecular formula is C23H25BrN2O4S. The van der Waals surface area contributed by atoms with E-state index in [-0.39, 0.29) is 16.7 Å². The molecule has 0 aliphatic carbocycles. The molecular weight excluding hydrogens is 480 g/mol. The first-order valence-electron chi connectivity index (χ1n) is 10.2. The molecule has 8 heteroatoms. The number of hydrogen-bond donors (Lipinski definition) is 0. The fourth-order valence-corrected chi connectivity index (χ4v) is 6.06. The molecule has 0 saturated carbocycles. The lowest BCUT2D eigenvalue weighted by Gasteiger charge is -2.44. The molecule has 0 N–H and O–H groups in total. The van der Waals surface area contributed by atoms with Crippen molar-refractivity contribution >= 4 is 39.5 Å². The highest BCUT2D eigenvalue weighted by Crippen LogP contribution is 2.45. The van der Waals surface area contributed by atoms with Gasteiger partial charge in [0.15, 0.2) is 0 Å². The Morgan fingerprint density at radius 2 is 1.55 bits per heavy atom. The summed E-state index contributed by atoms with van der Waals surface area (Å²) in [5, 5.41) is 0. The SMILES string of the molecule is COc1cccc(OC)c1C(=O)N1CCC2(CC1)SCCN2C(=O)c1ccc(Br)cc1. The normalized spacial score (nSPS) is 17.6. The molecule has 2 fully saturated rings. The van der Waals surface area contributed by atoms with Gasteiger partial charge in [-0.2, -0.15) is 0 Å². The van der Waals surface area contributed by atoms with Crippen LogP contribution in [0.2, 0.25) is 0 Å². The molecule has 2 aromatic rings. The van der Waals surface area contributed by atoms with Gasteiger partial charge in [0.2, 0.25) is 0 Å². The maximum Gasteiger partial charge on any atom is 0.261 e. The lowest BCUT2D eigenvalue weighted by Crippen LogP contribution is -2.53. The van der Waals surface area contributed by atoms with E-state index < -0.39 is 0 Å². The number of carbonyl (C=O) groups is 2. The van der Waals surface area contributed by atoms with E-state index >= 15 is 0 Å². The van der Waals surface area contributed by atoms with Crippen LogP contribution < -0.4 is 9.47 Å². The number of rotatable bonds is 4. The standard InChI is InChI=1S/C23H25BrN2O4S/c1-29-18-4-3-5-19(30-2)20(18)22(28)25-12-10-23(11-13-25)26(14-15-31-23)21(27)16-6-8-17(24)9-7-16/h3-9H,10-15H2,1-2H3. The van der Waals surface area contributed by atoms with Crippen LogP contribution in [-0.2, 0) is 0 Å². The summed E-state index contributed by atoms with van der Waals surface area (Å²) in [4.78, 5) is 30.1. The molecule has 2 aliphatic rings. The Morgan fingerprint density at radius 1 is 0.935 bits per heavy atom. The quantitative estimate of drug-likeness (QED) is 0.621. The van der Waals surface area contributed by atoms with Gasteiger partial charge in [-0.05, 0) is 49.2 Å². The molecule has 2 amide bonds. The van der Waals surface area contributed by atoms with Crippen molar-refractivity contribution in [2.24, 2.45) is 0 Å². The van der Waals surface area contributed by atoms with Crippen LogP contribution in [0, 0.1) is 0 Å². The summed E-state index contributed by atoms with van der Waals surface area (Å²) < 4.78 is 11.8. The van der Waals surface area contributed by atoms with Gasteiger partial charge in [-0.1, -0.05) is 22.0 Å². The van der Waals surface area contributed by atoms with Crippen molar-refractivity contribution in [2.45, 2.75) is 17.7 Å². The second-order valence-electron chi connectivity index (χ2n) is 7.59. The average Bonchev–Trinajstić information content (AvgIpc) is 3.21. The molecule has 6 nitrogen and oxygen atoms in total. The van der Waals surface area contributed by atoms with Gasteiger partial charge in [0.05, 0.1) is 19.1 Å². The van der Waals surface area contributed by atoms with Crippen molar-refractivity contribution in [3.63, 3.8) is 0 Å². The molecule has 0 radical (unpaired) electrons. The summed E-state index contributed by atoms with van der Waals surface area (Å²) in [6.07, 6.45) is 1.48. The number of halogens is 1. The molecule has 1 spiro atoms. The predicted octanol–water partition coefficient (Wildman–Crippen LogP) is 4.29. The van der Waals surface area contributed by atoms with Crippen LogP contribution in [0.25, 0.3) is 0 Å². The van der Waals surface area contributed by atoms with Crippen LogP contribution in [0.5, 0.6) is 11.5 Å². The van der Waals surface area contributed by atoms with Gasteiger partial charge in [0.1, 0.15) is 17.1 Å². The van der Waals surface area contributed by atoms with Crippen molar-refractivity contribution in [2.75, 3.05) is 39.6 Å². The van der Waals surface area contributed by atoms with E-state index in [0.717, 1.165) is 29.6 Å². The van der Waals surface area contributed by atoms with Crippen LogP contribution in [0.1, 0.15) is 33.6 Å². The lowest BCUT2D eigenvalue weighted by molar-refractivity contribution is 0.0495. The topological polar surface area (TPSA) is 59.1 Å². The Balaban J connectivity index is 1.51. The lowest BCUT2D eigenvalue weighted by atomic mass is 9.99. The maximum atomic E-state index is 13.3. The van der Waals surface area contributed by atoms with Gasteiger partial charge in [0, 0.05) is 35.4 Å². The number of likely N-dealkylation sites (tertiary alicyclic amines) is 1. The van der Waals surface area contributed by atoms with Crippen LogP contribution in [-0.4, -0.2) is 66.1 Å². The summed E-state index contributed by atoms with van der Waals surface area (Å²) in [7, 11) is 3.11. The molecule has 164 valence electrons. The van der Waals surface area contributed by atoms with E-state index in [1.807, 2.05) is 45.8 Å². The predicted molar refractivity (Wildman–Crippen MR) is 125 cm³/mol. The van der Waals surface area contributed by atoms with Gasteiger partial charge >= 0.3 is 0 Å². The van der Waals surface area contributed by atoms with Gasteiger partial charge in [-0.3, -0.25) is 9.59 Å². The molecule has 0 atom stereocenters. The summed E-state index contributed by atoms with van der Waals surface area (Å²) in [6.45, 7) is 1.89. The highest BCUT2D eigenvalue weighted by Gasteiger charge is 2.47. The van der Waals surface area contributed by atoms with E-state index in [1.165, 1.54) is 0 Å². The van der Waals surface area contributed by atoms with Crippen molar-refractivity contribution in [1.29, 1.82) is 0 Å². The first kappa shape index (κ1) is 22.0. The number of methoxy groups -OCH3 is 2. The minimum Gasteiger partial charge on any atom is -0.496 e. The number of thioether (sulfide) groups is 1. The number of carbonyl (C=O) groups excluding carboxylic acids is 2. The van der Waals surface area contributed by atoms with Crippen LogP contribution in [0.15, 0.2) is 46.9 Å². The number of benzene rings is 2. The summed E-state index contributed by atoms with van der Waals surface area (Å²) in [5.74, 6) is 1.89. The third kappa shape index (κ3) is 4.15. The van der Waals surface area contributed by atoms with Crippen molar-refractivity contribution in [3.05, 3.63) is 58.1 Å². The highest BCUT2D eigenvalue weighted by atomic mass is 79.9. The monoisotopic (exact) mass is 504 g/mol. The summed E-state index contributed by atoms with van der Waals surface area (Å²) >= 11 is 5.26. The average molecular weight is 505 g/mol. The summed E-state index contributed by atoms with van der Waals surface area (Å²) in [5.41, 5.74) is 1.15. The first-order valence-corrected chi connectivity index (χ1v) is 12.0. The Kier molecular flexibility index (Phi) is 6.48. The molecule has 0 unspecified atom stereocenters. The van der Waals surface area contributed by atoms with Crippen LogP contribution in [0.3, 0.4) is 0 Å². The third-order valence-corrected chi connectivity index (χ3v) is 8.07. The number of nitrogens with zero attached hydrogens (tertiary/aromatic N) is 2. The zero-order chi connectivity index (χ0) is 22.0. The minimum atomic E-state index is -0.258. The number of amides is 2. The summed E-state index contributed by atoms with van der Waals surface area (Å²) in [6, 6.07) is 12.8. The van der Waals surface area contributed by atoms with E-state index in [9.17, 15) is 9.59 Å². The number of hydrogen-bond acceptors (Lipinski definition) is 5. The number of ether oxygens (including phenoxy) is 2. The van der Waals surface area contributed by atoms with Crippen molar-refractivity contribution in [1.82, 2.24) is 9.80 Å². The van der Waals surface area contributed by atoms with E-state index in [4.69, 9.17) is 9.47 Å². The van der Waals surface area contributed by atoms with Gasteiger partial charge in [0.25, 0.3) is 11.8 Å². The molecule has 0 aromatic heterocycles. The smallest absolute Gasteiger partial charge is 0.261 e. The fraction of sp³-hybridized carbons (Fsp3) is 0.391. The minimum absolute atomic E-state index is 0.0590. The van der Waals surface area contributed by atoms with Crippen molar-refractivity contribution < 1.29 is 19.1 Å². The fourth-order valence-electron chi connectivity index (χ4n) is 4.34. The second kappa shape index (κ2) is 9.12. The number of piperidine rings is 1. The molecule has 2 heterocycles. The molecule has 2 saturated heterocycles. The molecule has 0 bridgehead atoms. The third-order valence-electron chi connectivity index (χ3n) is 5.99. The van der Waals surface area contributed by atoms with E-state index in [1.54, 1.807) is 32.4 Å². The zero-order valence-corrected chi connectivity index (χ0v) is 20.0. The van der Waals surface area contributed by atoms with E-state index in [0.29, 0.717) is 35.7 Å². The first-order chi connectivity index (χ1) is 15.0. The molecule has 2 aromatic carbocycles. The molecule has 31 heavy (non-hydrogen) atoms. The molecule has 2 aliphatic heterocycles. The van der Waals surface area contributed by atoms with Gasteiger partial charge in [-0.25, -0.2) is 0 Å². The van der Waals surface area contributed by atoms with Gasteiger partial charge in [-0.15, -0.1) is 11.8 Å². The Morgan fingerprint density at radius 3 is 2.13 bits per heavy atom. The Bertz CT molecular complexity index is 952. The molecule has 4 rings (SSSR count). The van der Waals surface area contributed by atoms with Crippen LogP contribution >= 0.6 is 27.7 Å². The Labute approximate surface area is 195 Å². The van der Waals surface area contributed by atoms with Crippen molar-refractivity contribution in [3.8, 4) is 11.5 Å². The van der Waals surface area contributed by atoms with Gasteiger partial charge < -0.3 is 19.3 Å². The zero-order valence-electron chi connectivity index (χ0n) is 17.6. The van der Waals surface area contributed by atoms with Crippen LogP contribution in [0.4, 0.5) is 0 Å². The van der Waals surface area contributed by atoms with E-state index in [2.05, 4.69) is 15.9 Å². The highest BCUT2D eigenvalue weighted by molar-refractivity contribution is 9.10. The largest absolute Gasteiger partial charge is 0.496 e. The second-order valence-corrected chi connectivity index (χ2v) is 9.96. The maximum absolute atomic E-state index is 13.3.